The summed E-state index contributed by atoms with van der Waals surface area (Å²) < 4.78 is 5.42. The van der Waals surface area contributed by atoms with E-state index >= 15 is 0 Å². The van der Waals surface area contributed by atoms with E-state index in [0.29, 0.717) is 18.5 Å². The Bertz CT molecular complexity index is 677. The van der Waals surface area contributed by atoms with Crippen LogP contribution in [0.4, 0.5) is 4.79 Å². The summed E-state index contributed by atoms with van der Waals surface area (Å²) in [6, 6.07) is 9.84. The van der Waals surface area contributed by atoms with E-state index in [2.05, 4.69) is 5.92 Å². The number of terminal acetylenes is 1. The summed E-state index contributed by atoms with van der Waals surface area (Å²) >= 11 is 0. The van der Waals surface area contributed by atoms with Crippen LogP contribution < -0.4 is 0 Å². The lowest BCUT2D eigenvalue weighted by molar-refractivity contribution is -0.115. The number of hydrogen-bond acceptors (Lipinski definition) is 3. The SMILES string of the molecule is C#CCN(C(=O)OC(C)(C)C)C1=CC(=O)CC(c2ccccc2)C1. The van der Waals surface area contributed by atoms with Gasteiger partial charge in [-0.25, -0.2) is 4.79 Å². The number of carbonyl (C=O) groups excluding carboxylic acids is 2. The molecule has 0 aromatic heterocycles. The molecule has 2 rings (SSSR count). The standard InChI is InChI=1S/C20H23NO3/c1-5-11-21(19(23)24-20(2,3)4)17-12-16(13-18(22)14-17)15-9-7-6-8-10-15/h1,6-10,14,16H,11-13H2,2-4H3. The first kappa shape index (κ1) is 17.8. The molecular weight excluding hydrogens is 302 g/mol. The molecule has 1 aliphatic carbocycles. The topological polar surface area (TPSA) is 46.6 Å². The molecule has 0 bridgehead atoms. The van der Waals surface area contributed by atoms with E-state index in [1.54, 1.807) is 20.8 Å². The largest absolute Gasteiger partial charge is 0.443 e. The molecule has 0 heterocycles. The Morgan fingerprint density at radius 2 is 1.96 bits per heavy atom. The van der Waals surface area contributed by atoms with Gasteiger partial charge < -0.3 is 4.74 Å². The minimum atomic E-state index is -0.623. The number of hydrogen-bond donors (Lipinski definition) is 0. The van der Waals surface area contributed by atoms with Crippen molar-refractivity contribution in [3.05, 3.63) is 47.7 Å². The summed E-state index contributed by atoms with van der Waals surface area (Å²) in [6.45, 7) is 5.47. The average molecular weight is 325 g/mol. The summed E-state index contributed by atoms with van der Waals surface area (Å²) in [5.41, 5.74) is 1.08. The van der Waals surface area contributed by atoms with Crippen LogP contribution in [0.2, 0.25) is 0 Å². The van der Waals surface area contributed by atoms with Gasteiger partial charge in [-0.2, -0.15) is 0 Å². The number of ketones is 1. The first-order valence-corrected chi connectivity index (χ1v) is 8.02. The van der Waals surface area contributed by atoms with E-state index in [1.807, 2.05) is 30.3 Å². The molecule has 0 saturated heterocycles. The zero-order valence-electron chi connectivity index (χ0n) is 14.4. The average Bonchev–Trinajstić information content (AvgIpc) is 2.51. The lowest BCUT2D eigenvalue weighted by atomic mass is 9.85. The summed E-state index contributed by atoms with van der Waals surface area (Å²) in [7, 11) is 0. The van der Waals surface area contributed by atoms with Gasteiger partial charge in [0.15, 0.2) is 5.78 Å². The van der Waals surface area contributed by atoms with Gasteiger partial charge in [0.2, 0.25) is 0 Å². The van der Waals surface area contributed by atoms with E-state index in [1.165, 1.54) is 11.0 Å². The van der Waals surface area contributed by atoms with Gasteiger partial charge in [0.25, 0.3) is 0 Å². The normalized spacial score (nSPS) is 17.7. The van der Waals surface area contributed by atoms with Gasteiger partial charge in [0.05, 0.1) is 6.54 Å². The van der Waals surface area contributed by atoms with Crippen molar-refractivity contribution in [1.29, 1.82) is 0 Å². The number of rotatable bonds is 3. The second kappa shape index (κ2) is 7.35. The van der Waals surface area contributed by atoms with E-state index in [0.717, 1.165) is 5.56 Å². The summed E-state index contributed by atoms with van der Waals surface area (Å²) in [5, 5.41) is 0. The molecule has 1 unspecified atom stereocenters. The molecular formula is C20H23NO3. The van der Waals surface area contributed by atoms with Crippen LogP contribution >= 0.6 is 0 Å². The van der Waals surface area contributed by atoms with E-state index in [9.17, 15) is 9.59 Å². The molecule has 0 spiro atoms. The van der Waals surface area contributed by atoms with Crippen molar-refractivity contribution in [2.45, 2.75) is 45.1 Å². The van der Waals surface area contributed by atoms with Gasteiger partial charge in [-0.1, -0.05) is 36.3 Å². The Morgan fingerprint density at radius 1 is 1.29 bits per heavy atom. The van der Waals surface area contributed by atoms with Crippen LogP contribution in [-0.2, 0) is 9.53 Å². The Kier molecular flexibility index (Phi) is 5.46. The van der Waals surface area contributed by atoms with Gasteiger partial charge >= 0.3 is 6.09 Å². The predicted molar refractivity (Wildman–Crippen MR) is 93.3 cm³/mol. The number of benzene rings is 1. The Balaban J connectivity index is 2.24. The molecule has 0 aliphatic heterocycles. The Labute approximate surface area is 143 Å². The molecule has 1 atom stereocenters. The fourth-order valence-electron chi connectivity index (χ4n) is 2.71. The molecule has 1 aliphatic rings. The van der Waals surface area contributed by atoms with Gasteiger partial charge in [0, 0.05) is 18.2 Å². The van der Waals surface area contributed by atoms with Crippen LogP contribution in [0.1, 0.15) is 45.1 Å². The first-order chi connectivity index (χ1) is 11.3. The van der Waals surface area contributed by atoms with Crippen LogP contribution in [0.25, 0.3) is 0 Å². The third-order valence-corrected chi connectivity index (χ3v) is 3.71. The minimum Gasteiger partial charge on any atom is -0.443 e. The lowest BCUT2D eigenvalue weighted by Crippen LogP contribution is -2.38. The summed E-state index contributed by atoms with van der Waals surface area (Å²) in [4.78, 5) is 26.0. The summed E-state index contributed by atoms with van der Waals surface area (Å²) in [6.07, 6.45) is 7.42. The molecule has 0 saturated carbocycles. The van der Waals surface area contributed by atoms with Crippen LogP contribution in [0, 0.1) is 12.3 Å². The highest BCUT2D eigenvalue weighted by Crippen LogP contribution is 2.33. The van der Waals surface area contributed by atoms with Crippen molar-refractivity contribution < 1.29 is 14.3 Å². The van der Waals surface area contributed by atoms with E-state index in [4.69, 9.17) is 11.2 Å². The molecule has 4 nitrogen and oxygen atoms in total. The monoisotopic (exact) mass is 325 g/mol. The Morgan fingerprint density at radius 3 is 2.54 bits per heavy atom. The minimum absolute atomic E-state index is 0.00400. The molecule has 24 heavy (non-hydrogen) atoms. The van der Waals surface area contributed by atoms with Crippen molar-refractivity contribution in [3.63, 3.8) is 0 Å². The van der Waals surface area contributed by atoms with Crippen molar-refractivity contribution in [1.82, 2.24) is 4.90 Å². The smallest absolute Gasteiger partial charge is 0.415 e. The van der Waals surface area contributed by atoms with Crippen LogP contribution in [0.3, 0.4) is 0 Å². The molecule has 1 aromatic carbocycles. The second-order valence-electron chi connectivity index (χ2n) is 6.89. The molecule has 4 heteroatoms. The quantitative estimate of drug-likeness (QED) is 0.792. The van der Waals surface area contributed by atoms with Crippen molar-refractivity contribution >= 4 is 11.9 Å². The molecule has 0 fully saturated rings. The van der Waals surface area contributed by atoms with Gasteiger partial charge in [-0.3, -0.25) is 9.69 Å². The highest BCUT2D eigenvalue weighted by Gasteiger charge is 2.30. The van der Waals surface area contributed by atoms with Gasteiger partial charge in [0.1, 0.15) is 5.60 Å². The molecule has 1 aromatic rings. The van der Waals surface area contributed by atoms with Crippen molar-refractivity contribution in [3.8, 4) is 12.3 Å². The fraction of sp³-hybridized carbons (Fsp3) is 0.400. The van der Waals surface area contributed by atoms with Crippen molar-refractivity contribution in [2.75, 3.05) is 6.54 Å². The number of allylic oxidation sites excluding steroid dienone is 2. The van der Waals surface area contributed by atoms with Crippen LogP contribution in [0.5, 0.6) is 0 Å². The van der Waals surface area contributed by atoms with Crippen LogP contribution in [0.15, 0.2) is 42.1 Å². The predicted octanol–water partition coefficient (Wildman–Crippen LogP) is 3.89. The van der Waals surface area contributed by atoms with E-state index in [-0.39, 0.29) is 18.2 Å². The first-order valence-electron chi connectivity index (χ1n) is 8.02. The third-order valence-electron chi connectivity index (χ3n) is 3.71. The second-order valence-corrected chi connectivity index (χ2v) is 6.89. The van der Waals surface area contributed by atoms with E-state index < -0.39 is 11.7 Å². The maximum Gasteiger partial charge on any atom is 0.415 e. The maximum atomic E-state index is 12.5. The number of ether oxygens (including phenoxy) is 1. The number of carbonyl (C=O) groups is 2. The molecule has 126 valence electrons. The fourth-order valence-corrected chi connectivity index (χ4v) is 2.71. The van der Waals surface area contributed by atoms with Gasteiger partial charge in [-0.15, -0.1) is 6.42 Å². The molecule has 0 radical (unpaired) electrons. The number of nitrogens with zero attached hydrogens (tertiary/aromatic N) is 1. The lowest BCUT2D eigenvalue weighted by Gasteiger charge is -2.31. The van der Waals surface area contributed by atoms with Gasteiger partial charge in [-0.05, 0) is 38.7 Å². The van der Waals surface area contributed by atoms with Crippen LogP contribution in [-0.4, -0.2) is 28.9 Å². The van der Waals surface area contributed by atoms with Crippen molar-refractivity contribution in [2.24, 2.45) is 0 Å². The highest BCUT2D eigenvalue weighted by atomic mass is 16.6. The molecule has 1 amide bonds. The molecule has 0 N–H and O–H groups in total. The zero-order chi connectivity index (χ0) is 17.7. The highest BCUT2D eigenvalue weighted by molar-refractivity contribution is 5.92. The summed E-state index contributed by atoms with van der Waals surface area (Å²) in [5.74, 6) is 2.51. The third kappa shape index (κ3) is 4.73. The zero-order valence-corrected chi connectivity index (χ0v) is 14.4. The number of amides is 1. The maximum absolute atomic E-state index is 12.5. The Hall–Kier alpha value is -2.54.